The largest absolute Gasteiger partial charge is 0.307 e. The first kappa shape index (κ1) is 14.5. The highest BCUT2D eigenvalue weighted by Crippen LogP contribution is 2.22. The molecule has 0 bridgehead atoms. The molecule has 19 heavy (non-hydrogen) atoms. The van der Waals surface area contributed by atoms with Gasteiger partial charge in [-0.1, -0.05) is 37.3 Å². The zero-order chi connectivity index (χ0) is 13.7. The molecule has 0 aliphatic carbocycles. The summed E-state index contributed by atoms with van der Waals surface area (Å²) >= 11 is 0. The van der Waals surface area contributed by atoms with Crippen molar-refractivity contribution in [1.82, 2.24) is 10.2 Å². The van der Waals surface area contributed by atoms with E-state index in [2.05, 4.69) is 61.3 Å². The minimum Gasteiger partial charge on any atom is -0.307 e. The van der Waals surface area contributed by atoms with Crippen LogP contribution in [0.3, 0.4) is 0 Å². The Kier molecular flexibility index (Phi) is 5.41. The Hall–Kier alpha value is -0.860. The van der Waals surface area contributed by atoms with Crippen LogP contribution in [0.1, 0.15) is 45.2 Å². The van der Waals surface area contributed by atoms with Gasteiger partial charge in [0.1, 0.15) is 0 Å². The summed E-state index contributed by atoms with van der Waals surface area (Å²) in [6, 6.07) is 11.8. The van der Waals surface area contributed by atoms with Crippen LogP contribution in [0.15, 0.2) is 30.3 Å². The maximum absolute atomic E-state index is 3.78. The summed E-state index contributed by atoms with van der Waals surface area (Å²) in [7, 11) is 0. The zero-order valence-corrected chi connectivity index (χ0v) is 12.6. The van der Waals surface area contributed by atoms with Crippen LogP contribution in [0.4, 0.5) is 0 Å². The molecule has 1 unspecified atom stereocenters. The molecule has 2 nitrogen and oxygen atoms in total. The fourth-order valence-electron chi connectivity index (χ4n) is 3.14. The summed E-state index contributed by atoms with van der Waals surface area (Å²) in [6.07, 6.45) is 2.67. The van der Waals surface area contributed by atoms with E-state index >= 15 is 0 Å². The van der Waals surface area contributed by atoms with E-state index in [0.717, 1.165) is 5.92 Å². The predicted octanol–water partition coefficient (Wildman–Crippen LogP) is 3.46. The average molecular weight is 260 g/mol. The number of hydrogen-bond donors (Lipinski definition) is 1. The highest BCUT2D eigenvalue weighted by Gasteiger charge is 2.24. The molecule has 1 fully saturated rings. The number of nitrogens with zero attached hydrogens (tertiary/aromatic N) is 1. The Morgan fingerprint density at radius 2 is 1.79 bits per heavy atom. The van der Waals surface area contributed by atoms with Gasteiger partial charge in [0.05, 0.1) is 0 Å². The topological polar surface area (TPSA) is 15.3 Å². The molecule has 0 spiro atoms. The molecule has 1 heterocycles. The van der Waals surface area contributed by atoms with Crippen LogP contribution in [0.25, 0.3) is 0 Å². The predicted molar refractivity (Wildman–Crippen MR) is 82.3 cm³/mol. The number of nitrogens with one attached hydrogen (secondary N) is 1. The first-order valence-electron chi connectivity index (χ1n) is 7.74. The average Bonchev–Trinajstić information content (AvgIpc) is 2.48. The summed E-state index contributed by atoms with van der Waals surface area (Å²) in [4.78, 5) is 2.56. The lowest BCUT2D eigenvalue weighted by Crippen LogP contribution is -2.42. The number of rotatable bonds is 5. The molecule has 0 amide bonds. The van der Waals surface area contributed by atoms with Crippen molar-refractivity contribution < 1.29 is 0 Å². The third-order valence-electron chi connectivity index (χ3n) is 4.60. The van der Waals surface area contributed by atoms with Crippen molar-refractivity contribution in [2.45, 2.75) is 45.7 Å². The van der Waals surface area contributed by atoms with Gasteiger partial charge in [-0.2, -0.15) is 0 Å². The molecule has 2 heteroatoms. The molecule has 1 aromatic carbocycles. The van der Waals surface area contributed by atoms with Gasteiger partial charge in [-0.3, -0.25) is 0 Å². The first-order valence-corrected chi connectivity index (χ1v) is 7.74. The molecule has 0 radical (unpaired) electrons. The minimum absolute atomic E-state index is 0.445. The van der Waals surface area contributed by atoms with Crippen molar-refractivity contribution in [2.75, 3.05) is 19.6 Å². The van der Waals surface area contributed by atoms with Gasteiger partial charge in [0.15, 0.2) is 0 Å². The van der Waals surface area contributed by atoms with Crippen LogP contribution in [-0.2, 0) is 0 Å². The van der Waals surface area contributed by atoms with E-state index in [9.17, 15) is 0 Å². The molecular weight excluding hydrogens is 232 g/mol. The molecule has 2 rings (SSSR count). The lowest BCUT2D eigenvalue weighted by Gasteiger charge is -2.35. The Morgan fingerprint density at radius 3 is 2.37 bits per heavy atom. The van der Waals surface area contributed by atoms with Gasteiger partial charge in [-0.05, 0) is 57.8 Å². The molecule has 1 aromatic rings. The lowest BCUT2D eigenvalue weighted by atomic mass is 9.89. The van der Waals surface area contributed by atoms with Crippen molar-refractivity contribution in [3.63, 3.8) is 0 Å². The van der Waals surface area contributed by atoms with Crippen molar-refractivity contribution >= 4 is 0 Å². The van der Waals surface area contributed by atoms with Crippen LogP contribution in [0, 0.1) is 5.92 Å². The Morgan fingerprint density at radius 1 is 1.16 bits per heavy atom. The number of hydrogen-bond acceptors (Lipinski definition) is 2. The van der Waals surface area contributed by atoms with Gasteiger partial charge < -0.3 is 10.2 Å². The number of piperidine rings is 1. The first-order chi connectivity index (χ1) is 9.20. The van der Waals surface area contributed by atoms with Crippen molar-refractivity contribution in [3.8, 4) is 0 Å². The van der Waals surface area contributed by atoms with Crippen molar-refractivity contribution in [2.24, 2.45) is 5.92 Å². The highest BCUT2D eigenvalue weighted by atomic mass is 15.1. The fraction of sp³-hybridized carbons (Fsp3) is 0.647. The van der Waals surface area contributed by atoms with Crippen molar-refractivity contribution in [1.29, 1.82) is 0 Å². The van der Waals surface area contributed by atoms with Gasteiger partial charge in [-0.25, -0.2) is 0 Å². The maximum Gasteiger partial charge on any atom is 0.0294 e. The molecule has 2 atom stereocenters. The lowest BCUT2D eigenvalue weighted by molar-refractivity contribution is 0.165. The number of likely N-dealkylation sites (tertiary alicyclic amines) is 1. The second-order valence-electron chi connectivity index (χ2n) is 5.86. The van der Waals surface area contributed by atoms with E-state index in [1.807, 2.05) is 0 Å². The normalized spacial score (nSPS) is 21.2. The quantitative estimate of drug-likeness (QED) is 0.872. The van der Waals surface area contributed by atoms with Gasteiger partial charge in [-0.15, -0.1) is 0 Å². The second-order valence-corrected chi connectivity index (χ2v) is 5.86. The second kappa shape index (κ2) is 7.06. The minimum atomic E-state index is 0.445. The maximum atomic E-state index is 3.78. The molecule has 1 saturated heterocycles. The van der Waals surface area contributed by atoms with Crippen molar-refractivity contribution in [3.05, 3.63) is 35.9 Å². The van der Waals surface area contributed by atoms with Crippen LogP contribution >= 0.6 is 0 Å². The highest BCUT2D eigenvalue weighted by molar-refractivity contribution is 5.18. The molecular formula is C17H28N2. The van der Waals surface area contributed by atoms with E-state index < -0.39 is 0 Å². The fourth-order valence-corrected chi connectivity index (χ4v) is 3.14. The van der Waals surface area contributed by atoms with Crippen LogP contribution in [0.2, 0.25) is 0 Å². The Bertz CT molecular complexity index is 355. The Balaban J connectivity index is 1.83. The summed E-state index contributed by atoms with van der Waals surface area (Å²) in [6.45, 7) is 10.6. The van der Waals surface area contributed by atoms with Gasteiger partial charge in [0, 0.05) is 12.1 Å². The molecule has 1 N–H and O–H groups in total. The standard InChI is InChI=1S/C17H28N2/c1-4-19-12-10-17(11-13-19)15(3)18-14(2)16-8-6-5-7-9-16/h5-9,14-15,17-18H,4,10-13H2,1-3H3/t14-,15?/m0/s1. The third-order valence-corrected chi connectivity index (χ3v) is 4.60. The van der Waals surface area contributed by atoms with Gasteiger partial charge >= 0.3 is 0 Å². The van der Waals surface area contributed by atoms with E-state index in [-0.39, 0.29) is 0 Å². The third kappa shape index (κ3) is 4.05. The van der Waals surface area contributed by atoms with E-state index in [4.69, 9.17) is 0 Å². The molecule has 1 aliphatic rings. The van der Waals surface area contributed by atoms with E-state index in [1.54, 1.807) is 0 Å². The summed E-state index contributed by atoms with van der Waals surface area (Å²) < 4.78 is 0. The molecule has 106 valence electrons. The smallest absolute Gasteiger partial charge is 0.0294 e. The van der Waals surface area contributed by atoms with Crippen LogP contribution in [-0.4, -0.2) is 30.6 Å². The van der Waals surface area contributed by atoms with Gasteiger partial charge in [0.25, 0.3) is 0 Å². The molecule has 0 saturated carbocycles. The van der Waals surface area contributed by atoms with E-state index in [1.165, 1.54) is 38.0 Å². The number of benzene rings is 1. The summed E-state index contributed by atoms with van der Waals surface area (Å²) in [5, 5.41) is 3.78. The monoisotopic (exact) mass is 260 g/mol. The SMILES string of the molecule is CCN1CCC(C(C)N[C@@H](C)c2ccccc2)CC1. The molecule has 0 aromatic heterocycles. The zero-order valence-electron chi connectivity index (χ0n) is 12.6. The Labute approximate surface area is 118 Å². The van der Waals surface area contributed by atoms with Crippen LogP contribution in [0.5, 0.6) is 0 Å². The summed E-state index contributed by atoms with van der Waals surface area (Å²) in [5.74, 6) is 0.828. The molecule has 1 aliphatic heterocycles. The van der Waals surface area contributed by atoms with Gasteiger partial charge in [0.2, 0.25) is 0 Å². The van der Waals surface area contributed by atoms with Crippen LogP contribution < -0.4 is 5.32 Å². The summed E-state index contributed by atoms with van der Waals surface area (Å²) in [5.41, 5.74) is 1.39. The van der Waals surface area contributed by atoms with E-state index in [0.29, 0.717) is 12.1 Å².